The maximum Gasteiger partial charge on any atom is 0.245 e. The average Bonchev–Trinajstić information content (AvgIpc) is 2.74. The van der Waals surface area contributed by atoms with Crippen molar-refractivity contribution in [2.45, 2.75) is 6.04 Å². The molecule has 0 aromatic heterocycles. The molecule has 0 spiro atoms. The highest BCUT2D eigenvalue weighted by Gasteiger charge is 2.27. The third-order valence-corrected chi connectivity index (χ3v) is 3.14. The van der Waals surface area contributed by atoms with E-state index in [1.165, 1.54) is 0 Å². The van der Waals surface area contributed by atoms with Crippen LogP contribution < -0.4 is 15.8 Å². The fraction of sp³-hybridized carbons (Fsp3) is 0.0667. The Morgan fingerprint density at radius 2 is 2.05 bits per heavy atom. The molecule has 5 nitrogen and oxygen atoms in total. The van der Waals surface area contributed by atoms with Crippen molar-refractivity contribution < 1.29 is 9.53 Å². The molecule has 2 aromatic rings. The van der Waals surface area contributed by atoms with Gasteiger partial charge >= 0.3 is 0 Å². The zero-order chi connectivity index (χ0) is 14.1. The number of ether oxygens (including phenoxy) is 1. The smallest absolute Gasteiger partial charge is 0.245 e. The summed E-state index contributed by atoms with van der Waals surface area (Å²) >= 11 is 0. The second kappa shape index (κ2) is 4.68. The summed E-state index contributed by atoms with van der Waals surface area (Å²) in [6, 6.07) is 13.6. The molecule has 1 aliphatic heterocycles. The van der Waals surface area contributed by atoms with Gasteiger partial charge in [0.05, 0.1) is 5.56 Å². The molecule has 1 atom stereocenters. The molecule has 5 heteroatoms. The number of carbonyl (C=O) groups is 1. The normalized spacial score (nSPS) is 16.2. The molecule has 0 bridgehead atoms. The summed E-state index contributed by atoms with van der Waals surface area (Å²) in [4.78, 5) is 11.5. The minimum atomic E-state index is -0.634. The highest BCUT2D eigenvalue weighted by Crippen LogP contribution is 2.34. The van der Waals surface area contributed by atoms with Crippen molar-refractivity contribution >= 4 is 11.6 Å². The lowest BCUT2D eigenvalue weighted by Crippen LogP contribution is -2.19. The van der Waals surface area contributed by atoms with Crippen molar-refractivity contribution in [1.29, 1.82) is 5.26 Å². The van der Waals surface area contributed by atoms with Gasteiger partial charge in [0, 0.05) is 17.3 Å². The molecule has 0 saturated carbocycles. The molecule has 0 fully saturated rings. The highest BCUT2D eigenvalue weighted by atomic mass is 16.5. The topological polar surface area (TPSA) is 88.1 Å². The number of nitrogens with two attached hydrogens (primary N) is 1. The molecule has 1 aliphatic rings. The van der Waals surface area contributed by atoms with E-state index in [9.17, 15) is 4.79 Å². The van der Waals surface area contributed by atoms with E-state index in [1.54, 1.807) is 42.5 Å². The van der Waals surface area contributed by atoms with Crippen molar-refractivity contribution in [1.82, 2.24) is 0 Å². The Morgan fingerprint density at radius 3 is 2.85 bits per heavy atom. The van der Waals surface area contributed by atoms with Crippen LogP contribution in [0.25, 0.3) is 0 Å². The summed E-state index contributed by atoms with van der Waals surface area (Å²) in [5.41, 5.74) is 7.59. The lowest BCUT2D eigenvalue weighted by molar-refractivity contribution is -0.116. The van der Waals surface area contributed by atoms with Gasteiger partial charge in [0.25, 0.3) is 0 Å². The molecule has 1 amide bonds. The largest absolute Gasteiger partial charge is 0.456 e. The SMILES string of the molecule is N#Cc1ccccc1Oc1ccc2c(c1)NC(=O)C2N. The zero-order valence-electron chi connectivity index (χ0n) is 10.5. The van der Waals surface area contributed by atoms with Gasteiger partial charge in [0.2, 0.25) is 5.91 Å². The zero-order valence-corrected chi connectivity index (χ0v) is 10.5. The molecule has 0 aliphatic carbocycles. The number of benzene rings is 2. The van der Waals surface area contributed by atoms with Crippen LogP contribution in [-0.4, -0.2) is 5.91 Å². The third-order valence-electron chi connectivity index (χ3n) is 3.14. The van der Waals surface area contributed by atoms with E-state index in [0.717, 1.165) is 5.56 Å². The van der Waals surface area contributed by atoms with E-state index < -0.39 is 6.04 Å². The molecule has 0 saturated heterocycles. The minimum Gasteiger partial charge on any atom is -0.456 e. The fourth-order valence-corrected chi connectivity index (χ4v) is 2.11. The lowest BCUT2D eigenvalue weighted by Gasteiger charge is -2.09. The van der Waals surface area contributed by atoms with E-state index in [0.29, 0.717) is 22.7 Å². The fourth-order valence-electron chi connectivity index (χ4n) is 2.11. The first-order valence-electron chi connectivity index (χ1n) is 6.06. The van der Waals surface area contributed by atoms with Crippen molar-refractivity contribution in [3.8, 4) is 17.6 Å². The van der Waals surface area contributed by atoms with Gasteiger partial charge in [-0.2, -0.15) is 5.26 Å². The molecule has 2 aromatic carbocycles. The van der Waals surface area contributed by atoms with Crippen LogP contribution in [0.15, 0.2) is 42.5 Å². The monoisotopic (exact) mass is 265 g/mol. The number of nitrogens with zero attached hydrogens (tertiary/aromatic N) is 1. The van der Waals surface area contributed by atoms with E-state index in [2.05, 4.69) is 11.4 Å². The van der Waals surface area contributed by atoms with Gasteiger partial charge in [-0.3, -0.25) is 4.79 Å². The van der Waals surface area contributed by atoms with Gasteiger partial charge in [0.15, 0.2) is 0 Å². The number of carbonyl (C=O) groups excluding carboxylic acids is 1. The number of hydrogen-bond acceptors (Lipinski definition) is 4. The molecule has 3 rings (SSSR count). The van der Waals surface area contributed by atoms with E-state index >= 15 is 0 Å². The predicted octanol–water partition coefficient (Wildman–Crippen LogP) is 2.30. The Balaban J connectivity index is 1.92. The number of amides is 1. The van der Waals surface area contributed by atoms with Crippen LogP contribution >= 0.6 is 0 Å². The van der Waals surface area contributed by atoms with Crippen LogP contribution in [0, 0.1) is 11.3 Å². The lowest BCUT2D eigenvalue weighted by atomic mass is 10.1. The minimum absolute atomic E-state index is 0.227. The van der Waals surface area contributed by atoms with E-state index in [-0.39, 0.29) is 5.91 Å². The highest BCUT2D eigenvalue weighted by molar-refractivity contribution is 6.02. The summed E-state index contributed by atoms with van der Waals surface area (Å²) in [6.45, 7) is 0. The van der Waals surface area contributed by atoms with Crippen LogP contribution in [0.5, 0.6) is 11.5 Å². The first kappa shape index (κ1) is 12.2. The Kier molecular flexibility index (Phi) is 2.86. The summed E-state index contributed by atoms with van der Waals surface area (Å²) in [5.74, 6) is 0.791. The molecule has 1 unspecified atom stereocenters. The van der Waals surface area contributed by atoms with Crippen molar-refractivity contribution in [2.75, 3.05) is 5.32 Å². The van der Waals surface area contributed by atoms with E-state index in [4.69, 9.17) is 15.7 Å². The number of hydrogen-bond donors (Lipinski definition) is 2. The van der Waals surface area contributed by atoms with Crippen LogP contribution in [-0.2, 0) is 4.79 Å². The first-order valence-corrected chi connectivity index (χ1v) is 6.06. The molecule has 98 valence electrons. The summed E-state index contributed by atoms with van der Waals surface area (Å²) in [6.07, 6.45) is 0. The van der Waals surface area contributed by atoms with Crippen molar-refractivity contribution in [3.05, 3.63) is 53.6 Å². The molecule has 1 heterocycles. The van der Waals surface area contributed by atoms with Crippen LogP contribution in [0.4, 0.5) is 5.69 Å². The maximum atomic E-state index is 11.5. The van der Waals surface area contributed by atoms with Crippen molar-refractivity contribution in [2.24, 2.45) is 5.73 Å². The Hall–Kier alpha value is -2.84. The van der Waals surface area contributed by atoms with E-state index in [1.807, 2.05) is 0 Å². The summed E-state index contributed by atoms with van der Waals surface area (Å²) in [7, 11) is 0. The molecular formula is C15H11N3O2. The van der Waals surface area contributed by atoms with Crippen LogP contribution in [0.3, 0.4) is 0 Å². The van der Waals surface area contributed by atoms with Gasteiger partial charge in [-0.15, -0.1) is 0 Å². The summed E-state index contributed by atoms with van der Waals surface area (Å²) in [5, 5.41) is 11.7. The molecule has 3 N–H and O–H groups in total. The molecule has 0 radical (unpaired) electrons. The molecule has 20 heavy (non-hydrogen) atoms. The number of rotatable bonds is 2. The number of anilines is 1. The van der Waals surface area contributed by atoms with Crippen LogP contribution in [0.2, 0.25) is 0 Å². The quantitative estimate of drug-likeness (QED) is 0.872. The van der Waals surface area contributed by atoms with Gasteiger partial charge in [0.1, 0.15) is 23.6 Å². The van der Waals surface area contributed by atoms with Crippen LogP contribution in [0.1, 0.15) is 17.2 Å². The van der Waals surface area contributed by atoms with Crippen molar-refractivity contribution in [3.63, 3.8) is 0 Å². The Bertz CT molecular complexity index is 734. The molecular weight excluding hydrogens is 254 g/mol. The number of fused-ring (bicyclic) bond motifs is 1. The van der Waals surface area contributed by atoms with Gasteiger partial charge in [-0.1, -0.05) is 18.2 Å². The van der Waals surface area contributed by atoms with Gasteiger partial charge < -0.3 is 15.8 Å². The Morgan fingerprint density at radius 1 is 1.25 bits per heavy atom. The Labute approximate surface area is 115 Å². The maximum absolute atomic E-state index is 11.5. The standard InChI is InChI=1S/C15H11N3O2/c16-8-9-3-1-2-4-13(9)20-10-5-6-11-12(7-10)18-15(19)14(11)17/h1-7,14H,17H2,(H,18,19). The summed E-state index contributed by atoms with van der Waals surface area (Å²) < 4.78 is 5.68. The second-order valence-electron chi connectivity index (χ2n) is 4.43. The number of nitrogens with one attached hydrogen (secondary N) is 1. The number of nitriles is 1. The third kappa shape index (κ3) is 1.98. The average molecular weight is 265 g/mol. The second-order valence-corrected chi connectivity index (χ2v) is 4.43. The predicted molar refractivity (Wildman–Crippen MR) is 73.2 cm³/mol. The van der Waals surface area contributed by atoms with Gasteiger partial charge in [-0.05, 0) is 18.2 Å². The number of para-hydroxylation sites is 1. The van der Waals surface area contributed by atoms with Gasteiger partial charge in [-0.25, -0.2) is 0 Å². The first-order chi connectivity index (χ1) is 9.69.